The number of esters is 1. The SMILES string of the molecule is COC(=O)CCNC(=O)c1ccc(CN)cc1F. The van der Waals surface area contributed by atoms with Gasteiger partial charge in [0.1, 0.15) is 5.82 Å². The highest BCUT2D eigenvalue weighted by atomic mass is 19.1. The number of carbonyl (C=O) groups excluding carboxylic acids is 2. The van der Waals surface area contributed by atoms with Crippen molar-refractivity contribution in [1.82, 2.24) is 5.32 Å². The highest BCUT2D eigenvalue weighted by Crippen LogP contribution is 2.10. The quantitative estimate of drug-likeness (QED) is 0.753. The Morgan fingerprint density at radius 2 is 2.17 bits per heavy atom. The molecule has 0 spiro atoms. The zero-order chi connectivity index (χ0) is 13.5. The standard InChI is InChI=1S/C12H15FN2O3/c1-18-11(16)4-5-15-12(17)9-3-2-8(7-14)6-10(9)13/h2-3,6H,4-5,7,14H2,1H3,(H,15,17). The average Bonchev–Trinajstić information content (AvgIpc) is 2.37. The van der Waals surface area contributed by atoms with Gasteiger partial charge in [-0.2, -0.15) is 0 Å². The Bertz CT molecular complexity index is 449. The van der Waals surface area contributed by atoms with Crippen LogP contribution in [-0.2, 0) is 16.1 Å². The fourth-order valence-electron chi connectivity index (χ4n) is 1.35. The molecule has 0 radical (unpaired) electrons. The van der Waals surface area contributed by atoms with Gasteiger partial charge in [0, 0.05) is 13.1 Å². The van der Waals surface area contributed by atoms with Crippen LogP contribution < -0.4 is 11.1 Å². The lowest BCUT2D eigenvalue weighted by Crippen LogP contribution is -2.27. The third-order valence-corrected chi connectivity index (χ3v) is 2.36. The third kappa shape index (κ3) is 3.81. The number of rotatable bonds is 5. The van der Waals surface area contributed by atoms with Crippen LogP contribution in [0.5, 0.6) is 0 Å². The monoisotopic (exact) mass is 254 g/mol. The van der Waals surface area contributed by atoms with E-state index in [1.54, 1.807) is 6.07 Å². The minimum Gasteiger partial charge on any atom is -0.469 e. The number of nitrogens with two attached hydrogens (primary N) is 1. The van der Waals surface area contributed by atoms with E-state index < -0.39 is 17.7 Å². The van der Waals surface area contributed by atoms with Crippen LogP contribution in [0.15, 0.2) is 18.2 Å². The van der Waals surface area contributed by atoms with Gasteiger partial charge < -0.3 is 15.8 Å². The molecular formula is C12H15FN2O3. The molecule has 1 amide bonds. The van der Waals surface area contributed by atoms with Crippen molar-refractivity contribution in [1.29, 1.82) is 0 Å². The number of ether oxygens (including phenoxy) is 1. The molecule has 0 saturated carbocycles. The molecule has 0 unspecified atom stereocenters. The Labute approximate surface area is 104 Å². The summed E-state index contributed by atoms with van der Waals surface area (Å²) in [6, 6.07) is 4.17. The van der Waals surface area contributed by atoms with Crippen LogP contribution in [0.1, 0.15) is 22.3 Å². The number of hydrogen-bond acceptors (Lipinski definition) is 4. The topological polar surface area (TPSA) is 81.4 Å². The molecule has 1 aromatic rings. The van der Waals surface area contributed by atoms with E-state index in [2.05, 4.69) is 10.1 Å². The number of nitrogens with one attached hydrogen (secondary N) is 1. The van der Waals surface area contributed by atoms with E-state index in [4.69, 9.17) is 5.73 Å². The van der Waals surface area contributed by atoms with E-state index in [0.29, 0.717) is 5.56 Å². The molecule has 1 rings (SSSR count). The molecule has 1 aromatic carbocycles. The Morgan fingerprint density at radius 3 is 2.72 bits per heavy atom. The molecule has 98 valence electrons. The molecule has 3 N–H and O–H groups in total. The van der Waals surface area contributed by atoms with Crippen molar-refractivity contribution < 1.29 is 18.7 Å². The molecule has 0 saturated heterocycles. The van der Waals surface area contributed by atoms with Crippen LogP contribution in [0.25, 0.3) is 0 Å². The first-order valence-corrected chi connectivity index (χ1v) is 5.42. The second kappa shape index (κ2) is 6.70. The van der Waals surface area contributed by atoms with Crippen LogP contribution in [0.4, 0.5) is 4.39 Å². The van der Waals surface area contributed by atoms with Crippen molar-refractivity contribution in [3.05, 3.63) is 35.1 Å². The summed E-state index contributed by atoms with van der Waals surface area (Å²) in [5, 5.41) is 2.43. The van der Waals surface area contributed by atoms with Gasteiger partial charge in [-0.3, -0.25) is 9.59 Å². The van der Waals surface area contributed by atoms with Crippen LogP contribution in [0.2, 0.25) is 0 Å². The van der Waals surface area contributed by atoms with E-state index in [-0.39, 0.29) is 25.1 Å². The summed E-state index contributed by atoms with van der Waals surface area (Å²) in [4.78, 5) is 22.4. The van der Waals surface area contributed by atoms with Gasteiger partial charge in [-0.15, -0.1) is 0 Å². The summed E-state index contributed by atoms with van der Waals surface area (Å²) in [6.45, 7) is 0.310. The van der Waals surface area contributed by atoms with E-state index in [1.807, 2.05) is 0 Å². The number of halogens is 1. The Morgan fingerprint density at radius 1 is 1.44 bits per heavy atom. The molecule has 0 aliphatic rings. The number of benzene rings is 1. The maximum atomic E-state index is 13.5. The van der Waals surface area contributed by atoms with Gasteiger partial charge in [-0.05, 0) is 17.7 Å². The third-order valence-electron chi connectivity index (χ3n) is 2.36. The van der Waals surface area contributed by atoms with Crippen LogP contribution in [0, 0.1) is 5.82 Å². The predicted molar refractivity (Wildman–Crippen MR) is 63.3 cm³/mol. The molecule has 0 aliphatic heterocycles. The first-order chi connectivity index (χ1) is 8.58. The largest absolute Gasteiger partial charge is 0.469 e. The van der Waals surface area contributed by atoms with Crippen molar-refractivity contribution in [2.24, 2.45) is 5.73 Å². The Balaban J connectivity index is 2.59. The molecule has 6 heteroatoms. The zero-order valence-electron chi connectivity index (χ0n) is 10.0. The Kier molecular flexibility index (Phi) is 5.26. The highest BCUT2D eigenvalue weighted by Gasteiger charge is 2.12. The van der Waals surface area contributed by atoms with Crippen molar-refractivity contribution in [3.8, 4) is 0 Å². The Hall–Kier alpha value is -1.95. The molecular weight excluding hydrogens is 239 g/mol. The normalized spacial score (nSPS) is 9.94. The summed E-state index contributed by atoms with van der Waals surface area (Å²) in [7, 11) is 1.26. The van der Waals surface area contributed by atoms with Gasteiger partial charge in [0.2, 0.25) is 0 Å². The maximum Gasteiger partial charge on any atom is 0.307 e. The fraction of sp³-hybridized carbons (Fsp3) is 0.333. The van der Waals surface area contributed by atoms with Gasteiger partial charge in [0.15, 0.2) is 0 Å². The van der Waals surface area contributed by atoms with Gasteiger partial charge >= 0.3 is 5.97 Å². The molecule has 0 aromatic heterocycles. The highest BCUT2D eigenvalue weighted by molar-refractivity contribution is 5.94. The summed E-state index contributed by atoms with van der Waals surface area (Å²) >= 11 is 0. The van der Waals surface area contributed by atoms with E-state index >= 15 is 0 Å². The maximum absolute atomic E-state index is 13.5. The number of amides is 1. The first kappa shape index (κ1) is 14.1. The fourth-order valence-corrected chi connectivity index (χ4v) is 1.35. The second-order valence-corrected chi connectivity index (χ2v) is 3.60. The van der Waals surface area contributed by atoms with Gasteiger partial charge in [0.25, 0.3) is 5.91 Å². The van der Waals surface area contributed by atoms with Crippen LogP contribution in [0.3, 0.4) is 0 Å². The van der Waals surface area contributed by atoms with Crippen LogP contribution >= 0.6 is 0 Å². The molecule has 18 heavy (non-hydrogen) atoms. The molecule has 0 atom stereocenters. The van der Waals surface area contributed by atoms with Crippen molar-refractivity contribution in [3.63, 3.8) is 0 Å². The molecule has 0 heterocycles. The molecule has 0 fully saturated rings. The zero-order valence-corrected chi connectivity index (χ0v) is 10.0. The summed E-state index contributed by atoms with van der Waals surface area (Å²) < 4.78 is 17.9. The molecule has 5 nitrogen and oxygen atoms in total. The van der Waals surface area contributed by atoms with E-state index in [1.165, 1.54) is 19.2 Å². The number of methoxy groups -OCH3 is 1. The summed E-state index contributed by atoms with van der Waals surface area (Å²) in [5.74, 6) is -1.64. The van der Waals surface area contributed by atoms with Crippen molar-refractivity contribution in [2.75, 3.05) is 13.7 Å². The van der Waals surface area contributed by atoms with Gasteiger partial charge in [-0.25, -0.2) is 4.39 Å². The molecule has 0 aliphatic carbocycles. The lowest BCUT2D eigenvalue weighted by Gasteiger charge is -2.06. The predicted octanol–water partition coefficient (Wildman–Crippen LogP) is 0.577. The van der Waals surface area contributed by atoms with Crippen molar-refractivity contribution in [2.45, 2.75) is 13.0 Å². The first-order valence-electron chi connectivity index (χ1n) is 5.42. The number of carbonyl (C=O) groups is 2. The molecule has 0 bridgehead atoms. The summed E-state index contributed by atoms with van der Waals surface area (Å²) in [6.07, 6.45) is 0.0464. The second-order valence-electron chi connectivity index (χ2n) is 3.60. The minimum absolute atomic E-state index is 0.0464. The van der Waals surface area contributed by atoms with E-state index in [0.717, 1.165) is 0 Å². The van der Waals surface area contributed by atoms with E-state index in [9.17, 15) is 14.0 Å². The van der Waals surface area contributed by atoms with Gasteiger partial charge in [0.05, 0.1) is 19.1 Å². The lowest BCUT2D eigenvalue weighted by molar-refractivity contribution is -0.140. The average molecular weight is 254 g/mol. The van der Waals surface area contributed by atoms with Crippen LogP contribution in [-0.4, -0.2) is 25.5 Å². The number of hydrogen-bond donors (Lipinski definition) is 2. The summed E-state index contributed by atoms with van der Waals surface area (Å²) in [5.41, 5.74) is 5.89. The smallest absolute Gasteiger partial charge is 0.307 e. The minimum atomic E-state index is -0.631. The lowest BCUT2D eigenvalue weighted by atomic mass is 10.1. The van der Waals surface area contributed by atoms with Crippen molar-refractivity contribution >= 4 is 11.9 Å². The van der Waals surface area contributed by atoms with Gasteiger partial charge in [-0.1, -0.05) is 6.07 Å².